The highest BCUT2D eigenvalue weighted by molar-refractivity contribution is 7.89. The number of carbonyl (C=O) groups is 2. The SMILES string of the molecule is COC(=O)c1cc(CNC(=O)C2CCN(S(=O)(=O)c3cn(C)c(C)n3)CC2)ccc1OC. The minimum absolute atomic E-state index is 0.0290. The van der Waals surface area contributed by atoms with E-state index in [0.29, 0.717) is 24.4 Å². The van der Waals surface area contributed by atoms with Crippen molar-refractivity contribution in [2.45, 2.75) is 31.3 Å². The number of aromatic nitrogens is 2. The van der Waals surface area contributed by atoms with Gasteiger partial charge in [0.25, 0.3) is 10.0 Å². The second kappa shape index (κ2) is 9.70. The molecular weight excluding hydrogens is 436 g/mol. The first-order valence-electron chi connectivity index (χ1n) is 10.2. The van der Waals surface area contributed by atoms with E-state index in [9.17, 15) is 18.0 Å². The molecule has 0 bridgehead atoms. The first kappa shape index (κ1) is 23.7. The predicted molar refractivity (Wildman–Crippen MR) is 116 cm³/mol. The van der Waals surface area contributed by atoms with Crippen LogP contribution in [0.2, 0.25) is 0 Å². The van der Waals surface area contributed by atoms with Crippen molar-refractivity contribution in [1.82, 2.24) is 19.2 Å². The number of sulfonamides is 1. The number of esters is 1. The van der Waals surface area contributed by atoms with Crippen LogP contribution in [0.25, 0.3) is 0 Å². The number of hydrogen-bond acceptors (Lipinski definition) is 7. The maximum atomic E-state index is 12.8. The molecule has 0 atom stereocenters. The van der Waals surface area contributed by atoms with E-state index in [4.69, 9.17) is 9.47 Å². The van der Waals surface area contributed by atoms with Gasteiger partial charge in [0.2, 0.25) is 5.91 Å². The van der Waals surface area contributed by atoms with Crippen LogP contribution in [0.15, 0.2) is 29.4 Å². The molecule has 1 aliphatic heterocycles. The number of piperidine rings is 1. The Morgan fingerprint density at radius 1 is 1.22 bits per heavy atom. The standard InChI is InChI=1S/C21H28N4O6S/c1-14-23-19(13-24(14)2)32(28,29)25-9-7-16(8-10-25)20(26)22-12-15-5-6-18(30-3)17(11-15)21(27)31-4/h5-6,11,13,16H,7-10,12H2,1-4H3,(H,22,26). The van der Waals surface area contributed by atoms with Crippen LogP contribution in [0.4, 0.5) is 0 Å². The molecule has 1 aromatic carbocycles. The van der Waals surface area contributed by atoms with Crippen molar-refractivity contribution in [2.75, 3.05) is 27.3 Å². The molecule has 174 valence electrons. The monoisotopic (exact) mass is 464 g/mol. The van der Waals surface area contributed by atoms with Gasteiger partial charge in [-0.1, -0.05) is 6.07 Å². The zero-order valence-electron chi connectivity index (χ0n) is 18.6. The Hall–Kier alpha value is -2.92. The second-order valence-electron chi connectivity index (χ2n) is 7.66. The Bertz CT molecular complexity index is 1080. The van der Waals surface area contributed by atoms with Gasteiger partial charge in [0.05, 0.1) is 14.2 Å². The van der Waals surface area contributed by atoms with Gasteiger partial charge in [-0.3, -0.25) is 4.79 Å². The Balaban J connectivity index is 1.58. The van der Waals surface area contributed by atoms with Crippen LogP contribution in [0.5, 0.6) is 5.75 Å². The van der Waals surface area contributed by atoms with Crippen molar-refractivity contribution in [3.63, 3.8) is 0 Å². The van der Waals surface area contributed by atoms with Gasteiger partial charge in [-0.25, -0.2) is 18.2 Å². The number of amides is 1. The smallest absolute Gasteiger partial charge is 0.341 e. The average molecular weight is 465 g/mol. The minimum atomic E-state index is -3.68. The zero-order chi connectivity index (χ0) is 23.5. The molecule has 1 amide bonds. The second-order valence-corrected chi connectivity index (χ2v) is 9.54. The minimum Gasteiger partial charge on any atom is -0.496 e. The zero-order valence-corrected chi connectivity index (χ0v) is 19.4. The number of benzene rings is 1. The van der Waals surface area contributed by atoms with E-state index in [1.54, 1.807) is 36.7 Å². The molecule has 2 heterocycles. The van der Waals surface area contributed by atoms with Gasteiger partial charge in [0, 0.05) is 38.8 Å². The van der Waals surface area contributed by atoms with Crippen LogP contribution in [0, 0.1) is 12.8 Å². The fraction of sp³-hybridized carbons (Fsp3) is 0.476. The molecule has 0 unspecified atom stereocenters. The fourth-order valence-corrected chi connectivity index (χ4v) is 5.10. The maximum Gasteiger partial charge on any atom is 0.341 e. The molecule has 32 heavy (non-hydrogen) atoms. The van der Waals surface area contributed by atoms with E-state index in [1.807, 2.05) is 0 Å². The highest BCUT2D eigenvalue weighted by atomic mass is 32.2. The number of carbonyl (C=O) groups excluding carboxylic acids is 2. The van der Waals surface area contributed by atoms with E-state index in [2.05, 4.69) is 10.3 Å². The lowest BCUT2D eigenvalue weighted by molar-refractivity contribution is -0.126. The molecule has 1 aromatic heterocycles. The van der Waals surface area contributed by atoms with Gasteiger partial charge in [-0.05, 0) is 37.5 Å². The molecular formula is C21H28N4O6S. The van der Waals surface area contributed by atoms with E-state index in [1.165, 1.54) is 24.7 Å². The molecule has 11 heteroatoms. The van der Waals surface area contributed by atoms with E-state index >= 15 is 0 Å². The molecule has 1 aliphatic rings. The number of rotatable bonds is 7. The number of hydrogen-bond donors (Lipinski definition) is 1. The highest BCUT2D eigenvalue weighted by Gasteiger charge is 2.33. The summed E-state index contributed by atoms with van der Waals surface area (Å²) in [6.07, 6.45) is 2.35. The summed E-state index contributed by atoms with van der Waals surface area (Å²) in [5, 5.41) is 2.90. The number of aryl methyl sites for hydroxylation is 2. The van der Waals surface area contributed by atoms with Crippen molar-refractivity contribution in [3.8, 4) is 5.75 Å². The van der Waals surface area contributed by atoms with E-state index in [-0.39, 0.29) is 42.0 Å². The molecule has 2 aromatic rings. The molecule has 0 spiro atoms. The molecule has 3 rings (SSSR count). The normalized spacial score (nSPS) is 15.4. The van der Waals surface area contributed by atoms with Gasteiger partial charge in [-0.15, -0.1) is 0 Å². The third-order valence-electron chi connectivity index (χ3n) is 5.65. The molecule has 1 fully saturated rings. The number of imidazole rings is 1. The van der Waals surface area contributed by atoms with Crippen LogP contribution in [-0.4, -0.2) is 61.5 Å². The van der Waals surface area contributed by atoms with Crippen molar-refractivity contribution in [1.29, 1.82) is 0 Å². The van der Waals surface area contributed by atoms with Crippen molar-refractivity contribution in [2.24, 2.45) is 13.0 Å². The lowest BCUT2D eigenvalue weighted by Gasteiger charge is -2.30. The Morgan fingerprint density at radius 2 is 1.91 bits per heavy atom. The molecule has 0 aliphatic carbocycles. The average Bonchev–Trinajstić information content (AvgIpc) is 3.15. The summed E-state index contributed by atoms with van der Waals surface area (Å²) in [5.74, 6) is 0.0541. The van der Waals surface area contributed by atoms with Crippen LogP contribution in [0.1, 0.15) is 34.6 Å². The Labute approximate surface area is 187 Å². The van der Waals surface area contributed by atoms with Crippen LogP contribution in [-0.2, 0) is 33.1 Å². The number of methoxy groups -OCH3 is 2. The summed E-state index contributed by atoms with van der Waals surface area (Å²) in [5.41, 5.74) is 1.01. The summed E-state index contributed by atoms with van der Waals surface area (Å²) in [6, 6.07) is 5.03. The van der Waals surface area contributed by atoms with Crippen LogP contribution in [0.3, 0.4) is 0 Å². The van der Waals surface area contributed by atoms with Gasteiger partial charge in [0.1, 0.15) is 17.1 Å². The maximum absolute atomic E-state index is 12.8. The van der Waals surface area contributed by atoms with Crippen molar-refractivity contribution in [3.05, 3.63) is 41.3 Å². The number of nitrogens with one attached hydrogen (secondary N) is 1. The predicted octanol–water partition coefficient (Wildman–Crippen LogP) is 1.24. The van der Waals surface area contributed by atoms with Gasteiger partial charge >= 0.3 is 5.97 Å². The van der Waals surface area contributed by atoms with Crippen molar-refractivity contribution < 1.29 is 27.5 Å². The largest absolute Gasteiger partial charge is 0.496 e. The molecule has 0 radical (unpaired) electrons. The molecule has 1 N–H and O–H groups in total. The molecule has 0 saturated carbocycles. The first-order valence-corrected chi connectivity index (χ1v) is 11.6. The summed E-state index contributed by atoms with van der Waals surface area (Å²) in [6.45, 7) is 2.49. The highest BCUT2D eigenvalue weighted by Crippen LogP contribution is 2.24. The van der Waals surface area contributed by atoms with Gasteiger partial charge in [-0.2, -0.15) is 4.31 Å². The third kappa shape index (κ3) is 4.94. The lowest BCUT2D eigenvalue weighted by atomic mass is 9.97. The van der Waals surface area contributed by atoms with E-state index in [0.717, 1.165) is 5.56 Å². The van der Waals surface area contributed by atoms with Crippen LogP contribution >= 0.6 is 0 Å². The fourth-order valence-electron chi connectivity index (χ4n) is 3.61. The summed E-state index contributed by atoms with van der Waals surface area (Å²) in [4.78, 5) is 28.7. The molecule has 1 saturated heterocycles. The quantitative estimate of drug-likeness (QED) is 0.612. The van der Waals surface area contributed by atoms with Crippen LogP contribution < -0.4 is 10.1 Å². The third-order valence-corrected chi connectivity index (χ3v) is 7.42. The first-order chi connectivity index (χ1) is 15.2. The summed E-state index contributed by atoms with van der Waals surface area (Å²) >= 11 is 0. The summed E-state index contributed by atoms with van der Waals surface area (Å²) in [7, 11) is 0.821. The number of nitrogens with zero attached hydrogens (tertiary/aromatic N) is 3. The van der Waals surface area contributed by atoms with Gasteiger partial charge in [0.15, 0.2) is 5.03 Å². The molecule has 10 nitrogen and oxygen atoms in total. The lowest BCUT2D eigenvalue weighted by Crippen LogP contribution is -2.43. The van der Waals surface area contributed by atoms with Crippen molar-refractivity contribution >= 4 is 21.9 Å². The Kier molecular flexibility index (Phi) is 7.19. The topological polar surface area (TPSA) is 120 Å². The van der Waals surface area contributed by atoms with Gasteiger partial charge < -0.3 is 19.4 Å². The number of ether oxygens (including phenoxy) is 2. The summed E-state index contributed by atoms with van der Waals surface area (Å²) < 4.78 is 38.6. The Morgan fingerprint density at radius 3 is 2.47 bits per heavy atom. The van der Waals surface area contributed by atoms with E-state index < -0.39 is 16.0 Å².